The number of amides is 1. The van der Waals surface area contributed by atoms with Crippen LogP contribution in [0.4, 0.5) is 0 Å². The van der Waals surface area contributed by atoms with Crippen LogP contribution in [-0.2, 0) is 11.8 Å². The van der Waals surface area contributed by atoms with Crippen LogP contribution in [-0.4, -0.2) is 26.4 Å². The van der Waals surface area contributed by atoms with E-state index < -0.39 is 0 Å². The first-order valence-corrected chi connectivity index (χ1v) is 9.40. The summed E-state index contributed by atoms with van der Waals surface area (Å²) in [7, 11) is 1.96. The van der Waals surface area contributed by atoms with Gasteiger partial charge in [0.25, 0.3) is 0 Å². The van der Waals surface area contributed by atoms with Gasteiger partial charge < -0.3 is 14.3 Å². The van der Waals surface area contributed by atoms with Gasteiger partial charge in [-0.15, -0.1) is 10.2 Å². The molecule has 0 radical (unpaired) electrons. The number of nitrogens with zero attached hydrogens (tertiary/aromatic N) is 3. The highest BCUT2D eigenvalue weighted by molar-refractivity contribution is 7.99. The maximum Gasteiger partial charge on any atom is 0.231 e. The summed E-state index contributed by atoms with van der Waals surface area (Å²) >= 11 is 1.41. The van der Waals surface area contributed by atoms with Crippen molar-refractivity contribution in [1.82, 2.24) is 20.1 Å². The molecule has 6 nitrogen and oxygen atoms in total. The average molecular weight is 356 g/mol. The smallest absolute Gasteiger partial charge is 0.231 e. The molecule has 1 saturated carbocycles. The molecule has 2 heterocycles. The molecule has 7 heteroatoms. The van der Waals surface area contributed by atoms with Gasteiger partial charge in [0.1, 0.15) is 17.2 Å². The predicted molar refractivity (Wildman–Crippen MR) is 96.5 cm³/mol. The van der Waals surface area contributed by atoms with Crippen molar-refractivity contribution in [2.24, 2.45) is 7.05 Å². The van der Waals surface area contributed by atoms with E-state index in [0.29, 0.717) is 11.7 Å². The largest absolute Gasteiger partial charge is 0.459 e. The second-order valence-electron chi connectivity index (χ2n) is 6.44. The summed E-state index contributed by atoms with van der Waals surface area (Å²) in [5.74, 6) is 2.59. The molecule has 0 saturated heterocycles. The number of hydrogen-bond donors (Lipinski definition) is 1. The zero-order chi connectivity index (χ0) is 17.4. The standard InChI is InChI=1S/C18H20N4O2S/c1-11(15-9-13-5-3-4-6-14(13)24-15)19-16(23)10-25-18-21-20-17(22(18)2)12-7-8-12/h3-6,9,11-12H,7-8,10H2,1-2H3,(H,19,23)/t11-/m1/s1. The number of carbonyl (C=O) groups excluding carboxylic acids is 1. The third-order valence-electron chi connectivity index (χ3n) is 4.39. The van der Waals surface area contributed by atoms with E-state index in [4.69, 9.17) is 4.42 Å². The number of aromatic nitrogens is 3. The van der Waals surface area contributed by atoms with Gasteiger partial charge in [0.15, 0.2) is 5.16 Å². The Morgan fingerprint density at radius 2 is 2.20 bits per heavy atom. The molecule has 25 heavy (non-hydrogen) atoms. The number of fused-ring (bicyclic) bond motifs is 1. The van der Waals surface area contributed by atoms with Crippen molar-refractivity contribution < 1.29 is 9.21 Å². The molecule has 1 N–H and O–H groups in total. The Morgan fingerprint density at radius 3 is 2.96 bits per heavy atom. The first-order chi connectivity index (χ1) is 12.1. The number of para-hydroxylation sites is 1. The molecule has 0 bridgehead atoms. The summed E-state index contributed by atoms with van der Waals surface area (Å²) in [5, 5.41) is 13.2. The van der Waals surface area contributed by atoms with E-state index in [1.165, 1.54) is 24.6 Å². The normalized spacial score (nSPS) is 15.4. The van der Waals surface area contributed by atoms with Crippen LogP contribution in [0.1, 0.15) is 43.3 Å². The van der Waals surface area contributed by atoms with E-state index in [-0.39, 0.29) is 11.9 Å². The second kappa shape index (κ2) is 6.55. The van der Waals surface area contributed by atoms with E-state index in [1.807, 2.05) is 48.9 Å². The van der Waals surface area contributed by atoms with Crippen molar-refractivity contribution >= 4 is 28.6 Å². The average Bonchev–Trinajstić information content (AvgIpc) is 3.23. The fourth-order valence-corrected chi connectivity index (χ4v) is 3.58. The molecule has 0 spiro atoms. The predicted octanol–water partition coefficient (Wildman–Crippen LogP) is 3.41. The molecular formula is C18H20N4O2S. The fourth-order valence-electron chi connectivity index (χ4n) is 2.85. The SMILES string of the molecule is C[C@@H](NC(=O)CSc1nnc(C2CC2)n1C)c1cc2ccccc2o1. The molecule has 3 aromatic rings. The van der Waals surface area contributed by atoms with Crippen molar-refractivity contribution in [3.05, 3.63) is 41.9 Å². The van der Waals surface area contributed by atoms with Gasteiger partial charge in [0.2, 0.25) is 5.91 Å². The molecule has 2 aromatic heterocycles. The quantitative estimate of drug-likeness (QED) is 0.685. The van der Waals surface area contributed by atoms with E-state index in [1.54, 1.807) is 0 Å². The number of carbonyl (C=O) groups is 1. The lowest BCUT2D eigenvalue weighted by molar-refractivity contribution is -0.119. The van der Waals surface area contributed by atoms with Crippen molar-refractivity contribution in [1.29, 1.82) is 0 Å². The second-order valence-corrected chi connectivity index (χ2v) is 7.38. The van der Waals surface area contributed by atoms with Gasteiger partial charge in [0.05, 0.1) is 11.8 Å². The summed E-state index contributed by atoms with van der Waals surface area (Å²) in [6.07, 6.45) is 2.37. The van der Waals surface area contributed by atoms with Gasteiger partial charge in [-0.05, 0) is 31.9 Å². The van der Waals surface area contributed by atoms with Crippen LogP contribution in [0.25, 0.3) is 11.0 Å². The topological polar surface area (TPSA) is 73.0 Å². The Kier molecular flexibility index (Phi) is 4.25. The van der Waals surface area contributed by atoms with Crippen LogP contribution in [0.2, 0.25) is 0 Å². The van der Waals surface area contributed by atoms with Crippen molar-refractivity contribution in [3.8, 4) is 0 Å². The lowest BCUT2D eigenvalue weighted by atomic mass is 10.2. The van der Waals surface area contributed by atoms with Crippen molar-refractivity contribution in [3.63, 3.8) is 0 Å². The summed E-state index contributed by atoms with van der Waals surface area (Å²) in [4.78, 5) is 12.2. The Labute approximate surface area is 150 Å². The Morgan fingerprint density at radius 1 is 1.40 bits per heavy atom. The van der Waals surface area contributed by atoms with E-state index in [2.05, 4.69) is 15.5 Å². The van der Waals surface area contributed by atoms with Gasteiger partial charge in [-0.3, -0.25) is 4.79 Å². The third-order valence-corrected chi connectivity index (χ3v) is 5.41. The highest BCUT2D eigenvalue weighted by Crippen LogP contribution is 2.39. The minimum Gasteiger partial charge on any atom is -0.459 e. The van der Waals surface area contributed by atoms with Crippen LogP contribution in [0, 0.1) is 0 Å². The number of nitrogens with one attached hydrogen (secondary N) is 1. The molecule has 0 unspecified atom stereocenters. The minimum absolute atomic E-state index is 0.0473. The van der Waals surface area contributed by atoms with E-state index in [9.17, 15) is 4.79 Å². The summed E-state index contributed by atoms with van der Waals surface area (Å²) in [6, 6.07) is 9.62. The molecule has 1 aliphatic carbocycles. The lowest BCUT2D eigenvalue weighted by Crippen LogP contribution is -2.28. The maximum absolute atomic E-state index is 12.2. The Balaban J connectivity index is 1.35. The molecular weight excluding hydrogens is 336 g/mol. The van der Waals surface area contributed by atoms with Gasteiger partial charge in [-0.1, -0.05) is 30.0 Å². The van der Waals surface area contributed by atoms with Gasteiger partial charge in [-0.25, -0.2) is 0 Å². The maximum atomic E-state index is 12.2. The Hall–Kier alpha value is -2.28. The van der Waals surface area contributed by atoms with Crippen LogP contribution in [0.3, 0.4) is 0 Å². The first kappa shape index (κ1) is 16.2. The van der Waals surface area contributed by atoms with Gasteiger partial charge in [0, 0.05) is 18.4 Å². The molecule has 4 rings (SSSR count). The first-order valence-electron chi connectivity index (χ1n) is 8.41. The third kappa shape index (κ3) is 3.42. The summed E-state index contributed by atoms with van der Waals surface area (Å²) in [5.41, 5.74) is 0.833. The van der Waals surface area contributed by atoms with Gasteiger partial charge >= 0.3 is 0 Å². The van der Waals surface area contributed by atoms with E-state index in [0.717, 1.165) is 27.7 Å². The van der Waals surface area contributed by atoms with Crippen LogP contribution < -0.4 is 5.32 Å². The number of rotatable bonds is 6. The number of benzene rings is 1. The number of furan rings is 1. The van der Waals surface area contributed by atoms with Gasteiger partial charge in [-0.2, -0.15) is 0 Å². The molecule has 1 amide bonds. The van der Waals surface area contributed by atoms with Crippen LogP contribution in [0.15, 0.2) is 39.9 Å². The van der Waals surface area contributed by atoms with E-state index >= 15 is 0 Å². The molecule has 1 fully saturated rings. The van der Waals surface area contributed by atoms with Crippen LogP contribution >= 0.6 is 11.8 Å². The molecule has 130 valence electrons. The highest BCUT2D eigenvalue weighted by Gasteiger charge is 2.29. The molecule has 1 atom stereocenters. The fraction of sp³-hybridized carbons (Fsp3) is 0.389. The molecule has 0 aliphatic heterocycles. The number of hydrogen-bond acceptors (Lipinski definition) is 5. The monoisotopic (exact) mass is 356 g/mol. The van der Waals surface area contributed by atoms with Crippen molar-refractivity contribution in [2.45, 2.75) is 36.9 Å². The summed E-state index contributed by atoms with van der Waals surface area (Å²) < 4.78 is 7.80. The minimum atomic E-state index is -0.179. The van der Waals surface area contributed by atoms with Crippen molar-refractivity contribution in [2.75, 3.05) is 5.75 Å². The Bertz CT molecular complexity index is 880. The lowest BCUT2D eigenvalue weighted by Gasteiger charge is -2.11. The molecule has 1 aromatic carbocycles. The summed E-state index contributed by atoms with van der Waals surface area (Å²) in [6.45, 7) is 1.92. The highest BCUT2D eigenvalue weighted by atomic mass is 32.2. The zero-order valence-electron chi connectivity index (χ0n) is 14.2. The van der Waals surface area contributed by atoms with Crippen LogP contribution in [0.5, 0.6) is 0 Å². The molecule has 1 aliphatic rings. The zero-order valence-corrected chi connectivity index (χ0v) is 15.0. The number of thioether (sulfide) groups is 1.